The second-order valence-electron chi connectivity index (χ2n) is 9.05. The first-order valence-electron chi connectivity index (χ1n) is 12.2. The van der Waals surface area contributed by atoms with Crippen LogP contribution in [0.5, 0.6) is 0 Å². The van der Waals surface area contributed by atoms with Gasteiger partial charge in [0.05, 0.1) is 17.1 Å². The average molecular weight is 507 g/mol. The van der Waals surface area contributed by atoms with Crippen molar-refractivity contribution in [3.8, 4) is 22.5 Å². The lowest BCUT2D eigenvalue weighted by Gasteiger charge is -2.19. The van der Waals surface area contributed by atoms with E-state index in [1.54, 1.807) is 12.4 Å². The van der Waals surface area contributed by atoms with Crippen LogP contribution in [0.1, 0.15) is 47.8 Å². The summed E-state index contributed by atoms with van der Waals surface area (Å²) in [6.07, 6.45) is 4.25. The molecule has 0 aliphatic heterocycles. The Balaban J connectivity index is 1.55. The molecule has 6 heteroatoms. The molecule has 2 heterocycles. The van der Waals surface area contributed by atoms with Gasteiger partial charge in [0.15, 0.2) is 0 Å². The molecule has 37 heavy (non-hydrogen) atoms. The van der Waals surface area contributed by atoms with Gasteiger partial charge >= 0.3 is 0 Å². The summed E-state index contributed by atoms with van der Waals surface area (Å²) >= 11 is 6.46. The molecule has 1 unspecified atom stereocenters. The number of nitrogens with one attached hydrogen (secondary N) is 2. The van der Waals surface area contributed by atoms with Crippen molar-refractivity contribution in [1.29, 1.82) is 0 Å². The van der Waals surface area contributed by atoms with Gasteiger partial charge in [-0.15, -0.1) is 0 Å². The summed E-state index contributed by atoms with van der Waals surface area (Å²) in [5.74, 6) is 0.617. The normalized spacial score (nSPS) is 11.9. The number of hydrogen-bond acceptors (Lipinski definition) is 3. The molecule has 0 spiro atoms. The molecule has 0 fully saturated rings. The number of H-pyrrole nitrogens is 1. The van der Waals surface area contributed by atoms with Crippen molar-refractivity contribution in [2.45, 2.75) is 26.3 Å². The number of benzene rings is 3. The van der Waals surface area contributed by atoms with E-state index in [4.69, 9.17) is 16.6 Å². The minimum absolute atomic E-state index is 0.101. The van der Waals surface area contributed by atoms with E-state index in [-0.39, 0.29) is 11.9 Å². The molecule has 1 atom stereocenters. The number of rotatable bonds is 7. The Kier molecular flexibility index (Phi) is 6.89. The fraction of sp³-hybridized carbons (Fsp3) is 0.129. The first kappa shape index (κ1) is 24.5. The molecule has 184 valence electrons. The molecule has 0 saturated heterocycles. The number of halogens is 1. The number of allylic oxidation sites excluding steroid dienone is 1. The number of carbonyl (C=O) groups excluding carboxylic acids is 1. The lowest BCUT2D eigenvalue weighted by molar-refractivity contribution is 0.0935. The van der Waals surface area contributed by atoms with Crippen molar-refractivity contribution in [2.75, 3.05) is 0 Å². The summed E-state index contributed by atoms with van der Waals surface area (Å²) in [7, 11) is 0. The molecule has 0 radical (unpaired) electrons. The average Bonchev–Trinajstić information content (AvgIpc) is 3.35. The SMILES string of the molecule is C=C(C)c1cc(C(=O)NC(CC)c2ccncc2)ccc1-c1cc(Cl)ccc1-c1nc2ccccc2[nH]1. The van der Waals surface area contributed by atoms with Gasteiger partial charge in [-0.3, -0.25) is 9.78 Å². The highest BCUT2D eigenvalue weighted by atomic mass is 35.5. The summed E-state index contributed by atoms with van der Waals surface area (Å²) in [5.41, 5.74) is 7.95. The first-order chi connectivity index (χ1) is 17.9. The number of hydrogen-bond donors (Lipinski definition) is 2. The van der Waals surface area contributed by atoms with Crippen LogP contribution in [0.25, 0.3) is 39.1 Å². The number of para-hydroxylation sites is 2. The number of aromatic amines is 1. The first-order valence-corrected chi connectivity index (χ1v) is 12.6. The highest BCUT2D eigenvalue weighted by molar-refractivity contribution is 6.31. The number of fused-ring (bicyclic) bond motifs is 1. The van der Waals surface area contributed by atoms with Crippen LogP contribution < -0.4 is 5.32 Å². The third-order valence-electron chi connectivity index (χ3n) is 6.48. The van der Waals surface area contributed by atoms with E-state index in [2.05, 4.69) is 21.9 Å². The Morgan fingerprint density at radius 2 is 1.76 bits per heavy atom. The molecule has 5 rings (SSSR count). The van der Waals surface area contributed by atoms with E-state index in [0.717, 1.165) is 56.7 Å². The summed E-state index contributed by atoms with van der Waals surface area (Å²) in [6, 6.07) is 23.2. The van der Waals surface area contributed by atoms with Crippen molar-refractivity contribution in [3.05, 3.63) is 113 Å². The van der Waals surface area contributed by atoms with Crippen molar-refractivity contribution < 1.29 is 4.79 Å². The van der Waals surface area contributed by atoms with Crippen LogP contribution in [-0.4, -0.2) is 20.9 Å². The van der Waals surface area contributed by atoms with E-state index in [0.29, 0.717) is 10.6 Å². The number of amides is 1. The van der Waals surface area contributed by atoms with Crippen LogP contribution in [0.3, 0.4) is 0 Å². The Labute approximate surface area is 221 Å². The number of aromatic nitrogens is 3. The maximum atomic E-state index is 13.3. The summed E-state index contributed by atoms with van der Waals surface area (Å²) in [5, 5.41) is 3.77. The van der Waals surface area contributed by atoms with Crippen molar-refractivity contribution in [2.24, 2.45) is 0 Å². The monoisotopic (exact) mass is 506 g/mol. The molecule has 5 aromatic rings. The summed E-state index contributed by atoms with van der Waals surface area (Å²) in [4.78, 5) is 25.6. The van der Waals surface area contributed by atoms with E-state index >= 15 is 0 Å². The predicted molar refractivity (Wildman–Crippen MR) is 151 cm³/mol. The topological polar surface area (TPSA) is 70.7 Å². The zero-order chi connectivity index (χ0) is 25.9. The smallest absolute Gasteiger partial charge is 0.251 e. The van der Waals surface area contributed by atoms with Crippen molar-refractivity contribution in [3.63, 3.8) is 0 Å². The third kappa shape index (κ3) is 5.04. The maximum Gasteiger partial charge on any atom is 0.251 e. The van der Waals surface area contributed by atoms with Gasteiger partial charge in [-0.05, 0) is 90.2 Å². The van der Waals surface area contributed by atoms with E-state index in [9.17, 15) is 4.79 Å². The quantitative estimate of drug-likeness (QED) is 0.236. The molecular weight excluding hydrogens is 480 g/mol. The zero-order valence-corrected chi connectivity index (χ0v) is 21.5. The standard InChI is InChI=1S/C31H27ClN4O/c1-4-27(20-13-15-33-16-14-20)36-31(37)21-9-11-23(25(17-21)19(2)3)26-18-22(32)10-12-24(26)30-34-28-7-5-6-8-29(28)35-30/h5-18,27H,2,4H2,1,3H3,(H,34,35)(H,36,37). The Hall–Kier alpha value is -4.22. The molecule has 3 aromatic carbocycles. The Bertz CT molecular complexity index is 1570. The molecule has 0 aliphatic carbocycles. The third-order valence-corrected chi connectivity index (χ3v) is 6.71. The molecular formula is C31H27ClN4O. The van der Waals surface area contributed by atoms with Gasteiger partial charge in [-0.1, -0.05) is 48.9 Å². The van der Waals surface area contributed by atoms with Crippen LogP contribution in [0.2, 0.25) is 5.02 Å². The lowest BCUT2D eigenvalue weighted by atomic mass is 9.90. The zero-order valence-electron chi connectivity index (χ0n) is 20.8. The van der Waals surface area contributed by atoms with Crippen molar-refractivity contribution in [1.82, 2.24) is 20.3 Å². The van der Waals surface area contributed by atoms with Crippen LogP contribution in [-0.2, 0) is 0 Å². The van der Waals surface area contributed by atoms with Gasteiger partial charge in [0.1, 0.15) is 5.82 Å². The number of nitrogens with zero attached hydrogens (tertiary/aromatic N) is 2. The van der Waals surface area contributed by atoms with Gasteiger partial charge in [-0.25, -0.2) is 4.98 Å². The number of imidazole rings is 1. The largest absolute Gasteiger partial charge is 0.345 e. The Morgan fingerprint density at radius 1 is 1.00 bits per heavy atom. The second kappa shape index (κ2) is 10.4. The van der Waals surface area contributed by atoms with E-state index in [1.165, 1.54) is 0 Å². The number of carbonyl (C=O) groups is 1. The minimum atomic E-state index is -0.138. The number of pyridine rings is 1. The van der Waals surface area contributed by atoms with Gasteiger partial charge in [0.25, 0.3) is 5.91 Å². The Morgan fingerprint density at radius 3 is 2.49 bits per heavy atom. The van der Waals surface area contributed by atoms with E-state index < -0.39 is 0 Å². The summed E-state index contributed by atoms with van der Waals surface area (Å²) in [6.45, 7) is 8.19. The van der Waals surface area contributed by atoms with Crippen molar-refractivity contribution >= 4 is 34.1 Å². The van der Waals surface area contributed by atoms with Gasteiger partial charge in [0.2, 0.25) is 0 Å². The molecule has 0 aliphatic rings. The van der Waals surface area contributed by atoms with Crippen LogP contribution in [0.4, 0.5) is 0 Å². The fourth-order valence-corrected chi connectivity index (χ4v) is 4.73. The van der Waals surface area contributed by atoms with Crippen LogP contribution >= 0.6 is 11.6 Å². The van der Waals surface area contributed by atoms with Crippen LogP contribution in [0.15, 0.2) is 91.8 Å². The van der Waals surface area contributed by atoms with E-state index in [1.807, 2.05) is 86.6 Å². The summed E-state index contributed by atoms with van der Waals surface area (Å²) < 4.78 is 0. The molecule has 1 amide bonds. The second-order valence-corrected chi connectivity index (χ2v) is 9.48. The van der Waals surface area contributed by atoms with Gasteiger partial charge in [-0.2, -0.15) is 0 Å². The van der Waals surface area contributed by atoms with Crippen LogP contribution in [0, 0.1) is 0 Å². The molecule has 5 nitrogen and oxygen atoms in total. The van der Waals surface area contributed by atoms with Gasteiger partial charge < -0.3 is 10.3 Å². The predicted octanol–water partition coefficient (Wildman–Crippen LogP) is 7.86. The maximum absolute atomic E-state index is 13.3. The van der Waals surface area contributed by atoms with Gasteiger partial charge in [0, 0.05) is 28.5 Å². The molecule has 0 saturated carbocycles. The minimum Gasteiger partial charge on any atom is -0.345 e. The molecule has 0 bridgehead atoms. The highest BCUT2D eigenvalue weighted by Crippen LogP contribution is 2.38. The fourth-order valence-electron chi connectivity index (χ4n) is 4.56. The molecule has 2 N–H and O–H groups in total. The highest BCUT2D eigenvalue weighted by Gasteiger charge is 2.19. The lowest BCUT2D eigenvalue weighted by Crippen LogP contribution is -2.28. The molecule has 2 aromatic heterocycles.